The third kappa shape index (κ3) is 4.26. The molecule has 0 bridgehead atoms. The van der Waals surface area contributed by atoms with Crippen molar-refractivity contribution in [2.75, 3.05) is 13.7 Å². The molecule has 0 aliphatic rings. The normalized spacial score (nSPS) is 14.5. The SMILES string of the molecule is COC(=O)[C@@H](NC(=O)[C@@H](N)CN)C(C)C. The van der Waals surface area contributed by atoms with Gasteiger partial charge in [0.05, 0.1) is 13.2 Å². The lowest BCUT2D eigenvalue weighted by atomic mass is 10.0. The van der Waals surface area contributed by atoms with Crippen molar-refractivity contribution in [3.05, 3.63) is 0 Å². The summed E-state index contributed by atoms with van der Waals surface area (Å²) in [5.74, 6) is -0.990. The van der Waals surface area contributed by atoms with E-state index in [1.54, 1.807) is 13.8 Å². The number of methoxy groups -OCH3 is 1. The van der Waals surface area contributed by atoms with Crippen LogP contribution in [0.5, 0.6) is 0 Å². The second kappa shape index (κ2) is 6.36. The average Bonchev–Trinajstić information content (AvgIpc) is 2.22. The highest BCUT2D eigenvalue weighted by molar-refractivity contribution is 5.87. The van der Waals surface area contributed by atoms with Gasteiger partial charge in [0.1, 0.15) is 6.04 Å². The molecule has 2 atom stereocenters. The molecule has 0 aliphatic carbocycles. The lowest BCUT2D eigenvalue weighted by molar-refractivity contribution is -0.146. The Morgan fingerprint density at radius 2 is 1.93 bits per heavy atom. The first-order valence-corrected chi connectivity index (χ1v) is 4.77. The van der Waals surface area contributed by atoms with E-state index < -0.39 is 24.0 Å². The van der Waals surface area contributed by atoms with E-state index in [-0.39, 0.29) is 12.5 Å². The van der Waals surface area contributed by atoms with E-state index >= 15 is 0 Å². The topological polar surface area (TPSA) is 107 Å². The Labute approximate surface area is 89.3 Å². The smallest absolute Gasteiger partial charge is 0.328 e. The van der Waals surface area contributed by atoms with E-state index in [2.05, 4.69) is 10.1 Å². The third-order valence-electron chi connectivity index (χ3n) is 2.01. The standard InChI is InChI=1S/C9H19N3O3/c1-5(2)7(9(14)15-3)12-8(13)6(11)4-10/h5-7H,4,10-11H2,1-3H3,(H,12,13)/t6-,7-/m0/s1. The van der Waals surface area contributed by atoms with Gasteiger partial charge >= 0.3 is 5.97 Å². The number of nitrogens with two attached hydrogens (primary N) is 2. The van der Waals surface area contributed by atoms with Crippen LogP contribution in [-0.4, -0.2) is 37.6 Å². The molecule has 0 spiro atoms. The van der Waals surface area contributed by atoms with Crippen LogP contribution in [0.2, 0.25) is 0 Å². The summed E-state index contributed by atoms with van der Waals surface area (Å²) in [4.78, 5) is 22.7. The van der Waals surface area contributed by atoms with E-state index in [0.717, 1.165) is 0 Å². The van der Waals surface area contributed by atoms with Gasteiger partial charge in [-0.2, -0.15) is 0 Å². The fourth-order valence-corrected chi connectivity index (χ4v) is 0.992. The van der Waals surface area contributed by atoms with Crippen LogP contribution in [0.1, 0.15) is 13.8 Å². The van der Waals surface area contributed by atoms with Crippen LogP contribution in [0, 0.1) is 5.92 Å². The molecule has 0 aromatic carbocycles. The molecule has 0 aromatic rings. The quantitative estimate of drug-likeness (QED) is 0.490. The maximum absolute atomic E-state index is 11.4. The molecule has 0 unspecified atom stereocenters. The Morgan fingerprint density at radius 3 is 2.27 bits per heavy atom. The van der Waals surface area contributed by atoms with Crippen LogP contribution >= 0.6 is 0 Å². The van der Waals surface area contributed by atoms with E-state index in [0.29, 0.717) is 0 Å². The Morgan fingerprint density at radius 1 is 1.40 bits per heavy atom. The number of ether oxygens (including phenoxy) is 1. The molecular weight excluding hydrogens is 198 g/mol. The Kier molecular flexibility index (Phi) is 5.88. The summed E-state index contributed by atoms with van der Waals surface area (Å²) in [5, 5.41) is 2.50. The molecule has 1 amide bonds. The number of amides is 1. The van der Waals surface area contributed by atoms with E-state index in [1.807, 2.05) is 0 Å². The zero-order valence-electron chi connectivity index (χ0n) is 9.32. The van der Waals surface area contributed by atoms with Crippen molar-refractivity contribution in [1.29, 1.82) is 0 Å². The predicted molar refractivity (Wildman–Crippen MR) is 55.8 cm³/mol. The first-order valence-electron chi connectivity index (χ1n) is 4.77. The predicted octanol–water partition coefficient (Wildman–Crippen LogP) is -1.41. The van der Waals surface area contributed by atoms with Gasteiger partial charge in [0.15, 0.2) is 0 Å². The number of nitrogens with one attached hydrogen (secondary N) is 1. The third-order valence-corrected chi connectivity index (χ3v) is 2.01. The molecule has 0 aliphatic heterocycles. The van der Waals surface area contributed by atoms with Gasteiger partial charge in [-0.15, -0.1) is 0 Å². The summed E-state index contributed by atoms with van der Waals surface area (Å²) < 4.78 is 4.56. The molecule has 0 heterocycles. The van der Waals surface area contributed by atoms with Crippen LogP contribution in [0.15, 0.2) is 0 Å². The number of hydrogen-bond donors (Lipinski definition) is 3. The van der Waals surface area contributed by atoms with Crippen molar-refractivity contribution in [1.82, 2.24) is 5.32 Å². The van der Waals surface area contributed by atoms with Crippen molar-refractivity contribution >= 4 is 11.9 Å². The fourth-order valence-electron chi connectivity index (χ4n) is 0.992. The largest absolute Gasteiger partial charge is 0.467 e. The molecule has 0 fully saturated rings. The van der Waals surface area contributed by atoms with Crippen LogP contribution in [0.3, 0.4) is 0 Å². The highest BCUT2D eigenvalue weighted by Crippen LogP contribution is 2.03. The summed E-state index contributed by atoms with van der Waals surface area (Å²) >= 11 is 0. The van der Waals surface area contributed by atoms with Crippen molar-refractivity contribution < 1.29 is 14.3 Å². The Hall–Kier alpha value is -1.14. The van der Waals surface area contributed by atoms with Gasteiger partial charge in [-0.1, -0.05) is 13.8 Å². The van der Waals surface area contributed by atoms with Gasteiger partial charge in [0, 0.05) is 6.54 Å². The minimum atomic E-state index is -0.795. The van der Waals surface area contributed by atoms with Crippen molar-refractivity contribution in [2.45, 2.75) is 25.9 Å². The van der Waals surface area contributed by atoms with Crippen molar-refractivity contribution in [3.8, 4) is 0 Å². The summed E-state index contributed by atoms with van der Waals surface area (Å²) in [6, 6.07) is -1.48. The summed E-state index contributed by atoms with van der Waals surface area (Å²) in [5.41, 5.74) is 10.6. The molecule has 0 aromatic heterocycles. The van der Waals surface area contributed by atoms with Gasteiger partial charge in [0.25, 0.3) is 0 Å². The first kappa shape index (κ1) is 13.9. The number of carbonyl (C=O) groups is 2. The molecule has 0 rings (SSSR count). The molecule has 6 nitrogen and oxygen atoms in total. The van der Waals surface area contributed by atoms with Gasteiger partial charge in [-0.05, 0) is 5.92 Å². The highest BCUT2D eigenvalue weighted by Gasteiger charge is 2.26. The van der Waals surface area contributed by atoms with Gasteiger partial charge in [-0.3, -0.25) is 4.79 Å². The number of hydrogen-bond acceptors (Lipinski definition) is 5. The average molecular weight is 217 g/mol. The van der Waals surface area contributed by atoms with Crippen molar-refractivity contribution in [3.63, 3.8) is 0 Å². The molecular formula is C9H19N3O3. The van der Waals surface area contributed by atoms with E-state index in [1.165, 1.54) is 7.11 Å². The second-order valence-electron chi connectivity index (χ2n) is 3.60. The monoisotopic (exact) mass is 217 g/mol. The van der Waals surface area contributed by atoms with Gasteiger partial charge in [0.2, 0.25) is 5.91 Å². The summed E-state index contributed by atoms with van der Waals surface area (Å²) in [6.07, 6.45) is 0. The van der Waals surface area contributed by atoms with E-state index in [4.69, 9.17) is 11.5 Å². The zero-order chi connectivity index (χ0) is 12.0. The minimum absolute atomic E-state index is 0.0395. The maximum Gasteiger partial charge on any atom is 0.328 e. The maximum atomic E-state index is 11.4. The van der Waals surface area contributed by atoms with Gasteiger partial charge in [-0.25, -0.2) is 4.79 Å². The fraction of sp³-hybridized carbons (Fsp3) is 0.778. The summed E-state index contributed by atoms with van der Waals surface area (Å²) in [6.45, 7) is 3.64. The van der Waals surface area contributed by atoms with Gasteiger partial charge < -0.3 is 21.5 Å². The first-order chi connectivity index (χ1) is 6.93. The lowest BCUT2D eigenvalue weighted by Crippen LogP contribution is -2.53. The van der Waals surface area contributed by atoms with Crippen LogP contribution < -0.4 is 16.8 Å². The number of esters is 1. The number of carbonyl (C=O) groups excluding carboxylic acids is 2. The number of rotatable bonds is 5. The molecule has 0 radical (unpaired) electrons. The second-order valence-corrected chi connectivity index (χ2v) is 3.60. The molecule has 88 valence electrons. The molecule has 0 saturated heterocycles. The minimum Gasteiger partial charge on any atom is -0.467 e. The Balaban J connectivity index is 4.42. The zero-order valence-corrected chi connectivity index (χ0v) is 9.32. The lowest BCUT2D eigenvalue weighted by Gasteiger charge is -2.21. The van der Waals surface area contributed by atoms with Crippen LogP contribution in [0.4, 0.5) is 0 Å². The molecule has 5 N–H and O–H groups in total. The van der Waals surface area contributed by atoms with Crippen molar-refractivity contribution in [2.24, 2.45) is 17.4 Å². The van der Waals surface area contributed by atoms with Crippen LogP contribution in [-0.2, 0) is 14.3 Å². The Bertz CT molecular complexity index is 231. The molecule has 15 heavy (non-hydrogen) atoms. The molecule has 6 heteroatoms. The highest BCUT2D eigenvalue weighted by atomic mass is 16.5. The molecule has 0 saturated carbocycles. The van der Waals surface area contributed by atoms with E-state index in [9.17, 15) is 9.59 Å². The summed E-state index contributed by atoms with van der Waals surface area (Å²) in [7, 11) is 1.27. The van der Waals surface area contributed by atoms with Crippen LogP contribution in [0.25, 0.3) is 0 Å².